The fourth-order valence-corrected chi connectivity index (χ4v) is 3.48. The highest BCUT2D eigenvalue weighted by Crippen LogP contribution is 2.24. The van der Waals surface area contributed by atoms with E-state index in [-0.39, 0.29) is 11.7 Å². The van der Waals surface area contributed by atoms with Gasteiger partial charge in [-0.1, -0.05) is 60.1 Å². The molecule has 0 fully saturated rings. The van der Waals surface area contributed by atoms with Gasteiger partial charge in [-0.2, -0.15) is 0 Å². The molecule has 32 heavy (non-hydrogen) atoms. The summed E-state index contributed by atoms with van der Waals surface area (Å²) >= 11 is 6.27. The van der Waals surface area contributed by atoms with Gasteiger partial charge in [0.05, 0.1) is 5.69 Å². The average Bonchev–Trinajstić information content (AvgIpc) is 2.81. The third-order valence-electron chi connectivity index (χ3n) is 4.94. The molecule has 1 amide bonds. The van der Waals surface area contributed by atoms with Gasteiger partial charge in [0.25, 0.3) is 5.91 Å². The first kappa shape index (κ1) is 21.3. The number of carbonyl (C=O) groups excluding carboxylic acids is 1. The van der Waals surface area contributed by atoms with Crippen molar-refractivity contribution in [3.63, 3.8) is 0 Å². The Morgan fingerprint density at radius 3 is 2.50 bits per heavy atom. The van der Waals surface area contributed by atoms with Gasteiger partial charge in [0.1, 0.15) is 5.75 Å². The number of amides is 1. The van der Waals surface area contributed by atoms with Crippen LogP contribution in [0.25, 0.3) is 0 Å². The molecule has 4 nitrogen and oxygen atoms in total. The second-order valence-electron chi connectivity index (χ2n) is 7.29. The van der Waals surface area contributed by atoms with Gasteiger partial charge in [0.15, 0.2) is 0 Å². The molecule has 0 saturated carbocycles. The number of nitrogens with one attached hydrogen (secondary N) is 1. The summed E-state index contributed by atoms with van der Waals surface area (Å²) in [6.07, 6.45) is 2.27. The maximum absolute atomic E-state index is 12.4. The predicted molar refractivity (Wildman–Crippen MR) is 130 cm³/mol. The minimum absolute atomic E-state index is 0.144. The molecular formula is C27H21ClN2O2. The highest BCUT2D eigenvalue weighted by molar-refractivity contribution is 6.31. The largest absolute Gasteiger partial charge is 0.507 e. The van der Waals surface area contributed by atoms with Gasteiger partial charge in [0.2, 0.25) is 0 Å². The van der Waals surface area contributed by atoms with Crippen molar-refractivity contribution in [2.75, 3.05) is 5.32 Å². The van der Waals surface area contributed by atoms with Gasteiger partial charge in [-0.3, -0.25) is 9.79 Å². The molecule has 0 saturated heterocycles. The second-order valence-corrected chi connectivity index (χ2v) is 7.70. The lowest BCUT2D eigenvalue weighted by Gasteiger charge is -2.07. The van der Waals surface area contributed by atoms with E-state index in [2.05, 4.69) is 10.3 Å². The first-order valence-corrected chi connectivity index (χ1v) is 10.5. The van der Waals surface area contributed by atoms with E-state index < -0.39 is 0 Å². The zero-order valence-corrected chi connectivity index (χ0v) is 18.0. The Labute approximate surface area is 191 Å². The van der Waals surface area contributed by atoms with Crippen LogP contribution < -0.4 is 5.32 Å². The van der Waals surface area contributed by atoms with Crippen molar-refractivity contribution < 1.29 is 9.90 Å². The van der Waals surface area contributed by atoms with Gasteiger partial charge in [-0.15, -0.1) is 0 Å². The van der Waals surface area contributed by atoms with Crippen LogP contribution in [0.4, 0.5) is 11.4 Å². The molecule has 4 aromatic rings. The summed E-state index contributed by atoms with van der Waals surface area (Å²) < 4.78 is 0. The Bertz CT molecular complexity index is 1270. The summed E-state index contributed by atoms with van der Waals surface area (Å²) in [5.41, 5.74) is 4.53. The van der Waals surface area contributed by atoms with Crippen molar-refractivity contribution in [2.45, 2.75) is 6.42 Å². The van der Waals surface area contributed by atoms with E-state index in [1.807, 2.05) is 72.8 Å². The first-order valence-electron chi connectivity index (χ1n) is 10.1. The van der Waals surface area contributed by atoms with Crippen LogP contribution in [-0.2, 0) is 6.42 Å². The van der Waals surface area contributed by atoms with Crippen LogP contribution in [0.15, 0.2) is 102 Å². The highest BCUT2D eigenvalue weighted by Gasteiger charge is 2.07. The quantitative estimate of drug-likeness (QED) is 0.330. The van der Waals surface area contributed by atoms with Crippen molar-refractivity contribution in [1.82, 2.24) is 0 Å². The smallest absolute Gasteiger partial charge is 0.255 e. The number of phenols is 1. The monoisotopic (exact) mass is 440 g/mol. The molecular weight excluding hydrogens is 420 g/mol. The summed E-state index contributed by atoms with van der Waals surface area (Å²) in [7, 11) is 0. The highest BCUT2D eigenvalue weighted by atomic mass is 35.5. The van der Waals surface area contributed by atoms with Crippen molar-refractivity contribution in [3.8, 4) is 5.75 Å². The van der Waals surface area contributed by atoms with Gasteiger partial charge in [-0.25, -0.2) is 0 Å². The number of phenolic OH excluding ortho intramolecular Hbond substituents is 1. The molecule has 0 aliphatic carbocycles. The molecule has 0 radical (unpaired) electrons. The fourth-order valence-electron chi connectivity index (χ4n) is 3.28. The summed E-state index contributed by atoms with van der Waals surface area (Å²) in [5, 5.41) is 13.8. The molecule has 158 valence electrons. The van der Waals surface area contributed by atoms with Gasteiger partial charge < -0.3 is 10.4 Å². The second kappa shape index (κ2) is 9.94. The molecule has 0 unspecified atom stereocenters. The SMILES string of the molecule is O=C(Nc1cccc(N=Cc2cc(Cc3ccccc3Cl)ccc2O)c1)c1ccccc1. The summed E-state index contributed by atoms with van der Waals surface area (Å²) in [6.45, 7) is 0. The molecule has 4 aromatic carbocycles. The number of aliphatic imine (C=N–C) groups is 1. The maximum Gasteiger partial charge on any atom is 0.255 e. The number of anilines is 1. The van der Waals surface area contributed by atoms with E-state index in [9.17, 15) is 9.90 Å². The number of aromatic hydroxyl groups is 1. The van der Waals surface area contributed by atoms with Crippen molar-refractivity contribution in [3.05, 3.63) is 124 Å². The third-order valence-corrected chi connectivity index (χ3v) is 5.31. The van der Waals surface area contributed by atoms with E-state index in [0.717, 1.165) is 11.1 Å². The maximum atomic E-state index is 12.4. The molecule has 5 heteroatoms. The molecule has 0 aromatic heterocycles. The van der Waals surface area contributed by atoms with Gasteiger partial charge in [-0.05, 0) is 66.1 Å². The predicted octanol–water partition coefficient (Wildman–Crippen LogP) is 6.64. The standard InChI is InChI=1S/C27H21ClN2O2/c28-25-12-5-4-9-21(25)15-19-13-14-26(31)22(16-19)18-29-23-10-6-11-24(17-23)30-27(32)20-7-2-1-3-8-20/h1-14,16-18,31H,15H2,(H,30,32). The first-order chi connectivity index (χ1) is 15.6. The molecule has 0 aliphatic heterocycles. The molecule has 0 spiro atoms. The lowest BCUT2D eigenvalue weighted by atomic mass is 10.0. The molecule has 4 rings (SSSR count). The minimum atomic E-state index is -0.184. The average molecular weight is 441 g/mol. The van der Waals surface area contributed by atoms with Crippen molar-refractivity contribution >= 4 is 35.1 Å². The minimum Gasteiger partial charge on any atom is -0.507 e. The van der Waals surface area contributed by atoms with Crippen LogP contribution in [0.5, 0.6) is 5.75 Å². The number of benzene rings is 4. The Morgan fingerprint density at radius 1 is 0.906 bits per heavy atom. The molecule has 0 heterocycles. The van der Waals surface area contributed by atoms with Gasteiger partial charge in [0, 0.05) is 28.1 Å². The van der Waals surface area contributed by atoms with Crippen LogP contribution in [0.3, 0.4) is 0 Å². The number of nitrogens with zero attached hydrogens (tertiary/aromatic N) is 1. The number of carbonyl (C=O) groups is 1. The lowest BCUT2D eigenvalue weighted by Crippen LogP contribution is -2.11. The van der Waals surface area contributed by atoms with Crippen LogP contribution >= 0.6 is 11.6 Å². The number of hydrogen-bond acceptors (Lipinski definition) is 3. The summed E-state index contributed by atoms with van der Waals surface area (Å²) in [5.74, 6) is -0.0400. The van der Waals surface area contributed by atoms with Crippen LogP contribution in [0.2, 0.25) is 5.02 Å². The van der Waals surface area contributed by atoms with Crippen molar-refractivity contribution in [2.24, 2.45) is 4.99 Å². The van der Waals surface area contributed by atoms with Crippen molar-refractivity contribution in [1.29, 1.82) is 0 Å². The number of halogens is 1. The van der Waals surface area contributed by atoms with E-state index in [4.69, 9.17) is 11.6 Å². The van der Waals surface area contributed by atoms with E-state index >= 15 is 0 Å². The summed E-state index contributed by atoms with van der Waals surface area (Å²) in [6, 6.07) is 29.4. The van der Waals surface area contributed by atoms with Crippen LogP contribution in [0, 0.1) is 0 Å². The third kappa shape index (κ3) is 5.42. The number of rotatable bonds is 6. The van der Waals surface area contributed by atoms with Crippen LogP contribution in [-0.4, -0.2) is 17.2 Å². The van der Waals surface area contributed by atoms with Crippen LogP contribution in [0.1, 0.15) is 27.0 Å². The Morgan fingerprint density at radius 2 is 1.69 bits per heavy atom. The lowest BCUT2D eigenvalue weighted by molar-refractivity contribution is 0.102. The molecule has 0 atom stereocenters. The fraction of sp³-hybridized carbons (Fsp3) is 0.0370. The zero-order valence-electron chi connectivity index (χ0n) is 17.2. The molecule has 0 aliphatic rings. The van der Waals surface area contributed by atoms with E-state index in [1.165, 1.54) is 0 Å². The van der Waals surface area contributed by atoms with E-state index in [1.54, 1.807) is 30.5 Å². The van der Waals surface area contributed by atoms with Gasteiger partial charge >= 0.3 is 0 Å². The molecule has 2 N–H and O–H groups in total. The topological polar surface area (TPSA) is 61.7 Å². The summed E-state index contributed by atoms with van der Waals surface area (Å²) in [4.78, 5) is 16.9. The van der Waals surface area contributed by atoms with E-state index in [0.29, 0.717) is 33.9 Å². The molecule has 0 bridgehead atoms. The Hall–Kier alpha value is -3.89. The Balaban J connectivity index is 1.50. The zero-order chi connectivity index (χ0) is 22.3. The normalized spacial score (nSPS) is 10.9. The Kier molecular flexibility index (Phi) is 6.63. The number of hydrogen-bond donors (Lipinski definition) is 2.